The molecule has 0 fully saturated rings. The monoisotopic (exact) mass is 337 g/mol. The summed E-state index contributed by atoms with van der Waals surface area (Å²) in [4.78, 5) is 24.0. The quantitative estimate of drug-likeness (QED) is 0.569. The fourth-order valence-corrected chi connectivity index (χ4v) is 2.39. The second-order valence-corrected chi connectivity index (χ2v) is 5.18. The van der Waals surface area contributed by atoms with Crippen LogP contribution in [-0.4, -0.2) is 21.3 Å². The molecule has 4 rings (SSSR count). The number of ether oxygens (including phenoxy) is 1. The zero-order valence-electron chi connectivity index (χ0n) is 12.8. The Kier molecular flexibility index (Phi) is 3.62. The van der Waals surface area contributed by atoms with Gasteiger partial charge in [-0.1, -0.05) is 23.4 Å². The lowest BCUT2D eigenvalue weighted by Crippen LogP contribution is -2.16. The van der Waals surface area contributed by atoms with Crippen LogP contribution in [0.4, 0.5) is 0 Å². The Morgan fingerprint density at radius 1 is 1.12 bits per heavy atom. The van der Waals surface area contributed by atoms with E-state index < -0.39 is 5.97 Å². The largest absolute Gasteiger partial charge is 0.461 e. The first-order chi connectivity index (χ1) is 12.2. The van der Waals surface area contributed by atoms with Gasteiger partial charge in [-0.05, 0) is 18.2 Å². The highest BCUT2D eigenvalue weighted by Gasteiger charge is 2.17. The molecule has 8 nitrogen and oxygen atoms in total. The lowest BCUT2D eigenvalue weighted by molar-refractivity contribution is 0.0458. The van der Waals surface area contributed by atoms with Gasteiger partial charge in [-0.2, -0.15) is 5.10 Å². The summed E-state index contributed by atoms with van der Waals surface area (Å²) >= 11 is 0. The van der Waals surface area contributed by atoms with E-state index in [2.05, 4.69) is 15.4 Å². The molecule has 0 unspecified atom stereocenters. The molecule has 124 valence electrons. The van der Waals surface area contributed by atoms with Gasteiger partial charge in [0.15, 0.2) is 11.5 Å². The first-order valence-corrected chi connectivity index (χ1v) is 7.36. The van der Waals surface area contributed by atoms with Gasteiger partial charge in [-0.15, -0.1) is 0 Å². The normalized spacial score (nSPS) is 10.9. The summed E-state index contributed by atoms with van der Waals surface area (Å²) in [5.74, 6) is 0.289. The fourth-order valence-electron chi connectivity index (χ4n) is 2.39. The molecule has 0 spiro atoms. The zero-order chi connectivity index (χ0) is 17.2. The van der Waals surface area contributed by atoms with E-state index in [0.29, 0.717) is 28.0 Å². The first kappa shape index (κ1) is 14.9. The standard InChI is InChI=1S/C17H11N3O5/c21-16-12-5-2-1-4-11(12)15(18-19-16)17(22)24-9-10-8-14(25-20-10)13-6-3-7-23-13/h1-8H,9H2,(H,19,21). The number of furan rings is 1. The van der Waals surface area contributed by atoms with Crippen molar-refractivity contribution in [2.24, 2.45) is 0 Å². The van der Waals surface area contributed by atoms with Gasteiger partial charge in [0, 0.05) is 11.5 Å². The number of carbonyl (C=O) groups excluding carboxylic acids is 1. The number of carbonyl (C=O) groups is 1. The molecular weight excluding hydrogens is 326 g/mol. The Hall–Kier alpha value is -3.68. The molecule has 0 amide bonds. The van der Waals surface area contributed by atoms with Crippen molar-refractivity contribution in [2.75, 3.05) is 0 Å². The molecule has 0 saturated carbocycles. The number of hydrogen-bond acceptors (Lipinski definition) is 7. The molecule has 0 saturated heterocycles. The molecule has 0 radical (unpaired) electrons. The molecule has 8 heteroatoms. The van der Waals surface area contributed by atoms with Crippen molar-refractivity contribution in [3.8, 4) is 11.5 Å². The highest BCUT2D eigenvalue weighted by molar-refractivity contribution is 6.01. The molecule has 1 N–H and O–H groups in total. The van der Waals surface area contributed by atoms with Gasteiger partial charge in [0.25, 0.3) is 5.56 Å². The van der Waals surface area contributed by atoms with E-state index in [1.165, 1.54) is 6.26 Å². The van der Waals surface area contributed by atoms with Crippen molar-refractivity contribution in [3.05, 3.63) is 70.5 Å². The number of nitrogens with zero attached hydrogens (tertiary/aromatic N) is 2. The second kappa shape index (κ2) is 6.08. The van der Waals surface area contributed by atoms with Crippen LogP contribution in [0.3, 0.4) is 0 Å². The van der Waals surface area contributed by atoms with E-state index in [4.69, 9.17) is 13.7 Å². The Labute approximate surface area is 140 Å². The average Bonchev–Trinajstić information content (AvgIpc) is 3.32. The molecule has 3 heterocycles. The number of nitrogens with one attached hydrogen (secondary N) is 1. The van der Waals surface area contributed by atoms with Crippen LogP contribution in [0.1, 0.15) is 16.2 Å². The van der Waals surface area contributed by atoms with Crippen molar-refractivity contribution in [1.82, 2.24) is 15.4 Å². The van der Waals surface area contributed by atoms with E-state index in [1.807, 2.05) is 0 Å². The molecular formula is C17H11N3O5. The second-order valence-electron chi connectivity index (χ2n) is 5.18. The maximum absolute atomic E-state index is 12.3. The van der Waals surface area contributed by atoms with Crippen LogP contribution in [0.5, 0.6) is 0 Å². The number of H-pyrrole nitrogens is 1. The Bertz CT molecular complexity index is 1090. The van der Waals surface area contributed by atoms with Crippen LogP contribution in [0.25, 0.3) is 22.3 Å². The summed E-state index contributed by atoms with van der Waals surface area (Å²) < 4.78 is 15.6. The van der Waals surface area contributed by atoms with Crippen LogP contribution in [0, 0.1) is 0 Å². The molecule has 1 aromatic carbocycles. The molecule has 0 aliphatic heterocycles. The van der Waals surface area contributed by atoms with Crippen molar-refractivity contribution < 1.29 is 18.5 Å². The number of hydrogen-bond donors (Lipinski definition) is 1. The third-order valence-corrected chi connectivity index (χ3v) is 3.56. The van der Waals surface area contributed by atoms with E-state index >= 15 is 0 Å². The topological polar surface area (TPSA) is 111 Å². The van der Waals surface area contributed by atoms with E-state index in [1.54, 1.807) is 42.5 Å². The predicted octanol–water partition coefficient (Wildman–Crippen LogP) is 2.53. The van der Waals surface area contributed by atoms with E-state index in [0.717, 1.165) is 0 Å². The molecule has 3 aromatic heterocycles. The zero-order valence-corrected chi connectivity index (χ0v) is 12.8. The maximum atomic E-state index is 12.3. The summed E-state index contributed by atoms with van der Waals surface area (Å²) in [5, 5.41) is 10.7. The Morgan fingerprint density at radius 2 is 1.96 bits per heavy atom. The molecule has 0 aliphatic rings. The van der Waals surface area contributed by atoms with Crippen molar-refractivity contribution >= 4 is 16.7 Å². The molecule has 0 aliphatic carbocycles. The van der Waals surface area contributed by atoms with Crippen LogP contribution >= 0.6 is 0 Å². The molecule has 0 atom stereocenters. The number of rotatable bonds is 4. The van der Waals surface area contributed by atoms with Crippen molar-refractivity contribution in [1.29, 1.82) is 0 Å². The fraction of sp³-hybridized carbons (Fsp3) is 0.0588. The van der Waals surface area contributed by atoms with Gasteiger partial charge in [-0.3, -0.25) is 4.79 Å². The highest BCUT2D eigenvalue weighted by Crippen LogP contribution is 2.21. The summed E-state index contributed by atoms with van der Waals surface area (Å²) in [7, 11) is 0. The van der Waals surface area contributed by atoms with Gasteiger partial charge in [0.05, 0.1) is 11.6 Å². The Morgan fingerprint density at radius 3 is 2.76 bits per heavy atom. The lowest BCUT2D eigenvalue weighted by atomic mass is 10.1. The third kappa shape index (κ3) is 2.80. The number of fused-ring (bicyclic) bond motifs is 1. The van der Waals surface area contributed by atoms with Crippen LogP contribution < -0.4 is 5.56 Å². The van der Waals surface area contributed by atoms with Crippen LogP contribution in [-0.2, 0) is 11.3 Å². The number of benzene rings is 1. The summed E-state index contributed by atoms with van der Waals surface area (Å²) in [6, 6.07) is 11.7. The van der Waals surface area contributed by atoms with Gasteiger partial charge in [-0.25, -0.2) is 9.89 Å². The SMILES string of the molecule is O=C(OCc1cc(-c2ccco2)on1)c1n[nH]c(=O)c2ccccc12. The number of esters is 1. The predicted molar refractivity (Wildman–Crippen MR) is 85.7 cm³/mol. The van der Waals surface area contributed by atoms with Gasteiger partial charge >= 0.3 is 5.97 Å². The average molecular weight is 337 g/mol. The molecule has 4 aromatic rings. The lowest BCUT2D eigenvalue weighted by Gasteiger charge is -2.04. The summed E-state index contributed by atoms with van der Waals surface area (Å²) in [5.41, 5.74) is 0.0881. The minimum atomic E-state index is -0.671. The molecule has 25 heavy (non-hydrogen) atoms. The van der Waals surface area contributed by atoms with Crippen molar-refractivity contribution in [2.45, 2.75) is 6.61 Å². The smallest absolute Gasteiger partial charge is 0.359 e. The highest BCUT2D eigenvalue weighted by atomic mass is 16.5. The van der Waals surface area contributed by atoms with E-state index in [-0.39, 0.29) is 17.9 Å². The van der Waals surface area contributed by atoms with Gasteiger partial charge in [0.1, 0.15) is 12.3 Å². The third-order valence-electron chi connectivity index (χ3n) is 3.56. The minimum absolute atomic E-state index is 0.0324. The number of aromatic amines is 1. The summed E-state index contributed by atoms with van der Waals surface area (Å²) in [6.07, 6.45) is 1.52. The van der Waals surface area contributed by atoms with Gasteiger partial charge in [0.2, 0.25) is 5.76 Å². The van der Waals surface area contributed by atoms with E-state index in [9.17, 15) is 9.59 Å². The van der Waals surface area contributed by atoms with Crippen LogP contribution in [0.15, 0.2) is 62.5 Å². The first-order valence-electron chi connectivity index (χ1n) is 7.36. The van der Waals surface area contributed by atoms with Crippen LogP contribution in [0.2, 0.25) is 0 Å². The maximum Gasteiger partial charge on any atom is 0.359 e. The minimum Gasteiger partial charge on any atom is -0.461 e. The van der Waals surface area contributed by atoms with Gasteiger partial charge < -0.3 is 13.7 Å². The molecule has 0 bridgehead atoms. The summed E-state index contributed by atoms with van der Waals surface area (Å²) in [6.45, 7) is -0.0990. The Balaban J connectivity index is 1.54. The van der Waals surface area contributed by atoms with Crippen molar-refractivity contribution in [3.63, 3.8) is 0 Å². The number of aromatic nitrogens is 3.